The normalized spacial score (nSPS) is 15.7. The molecular weight excluding hydrogens is 465 g/mol. The number of amides is 2. The molecule has 1 aliphatic rings. The predicted octanol–water partition coefficient (Wildman–Crippen LogP) is 5.88. The number of alkyl carbamates (subject to hydrolysis) is 1. The van der Waals surface area contributed by atoms with Gasteiger partial charge in [-0.2, -0.15) is 11.3 Å². The van der Waals surface area contributed by atoms with Crippen LogP contribution < -0.4 is 10.6 Å². The van der Waals surface area contributed by atoms with Crippen molar-refractivity contribution in [3.8, 4) is 22.3 Å². The van der Waals surface area contributed by atoms with Crippen LogP contribution in [0.25, 0.3) is 22.3 Å². The van der Waals surface area contributed by atoms with E-state index in [9.17, 15) is 14.0 Å². The average molecular weight is 490 g/mol. The van der Waals surface area contributed by atoms with Crippen molar-refractivity contribution >= 4 is 34.9 Å². The highest BCUT2D eigenvalue weighted by molar-refractivity contribution is 7.08. The maximum Gasteiger partial charge on any atom is 0.407 e. The van der Waals surface area contributed by atoms with Gasteiger partial charge in [-0.25, -0.2) is 9.18 Å². The summed E-state index contributed by atoms with van der Waals surface area (Å²) in [5, 5.41) is 9.96. The number of carbonyl (C=O) groups excluding carboxylic acids is 2. The number of halogens is 2. The molecule has 0 radical (unpaired) electrons. The summed E-state index contributed by atoms with van der Waals surface area (Å²) >= 11 is 7.67. The number of carbonyl (C=O) groups is 2. The summed E-state index contributed by atoms with van der Waals surface area (Å²) < 4.78 is 22.0. The van der Waals surface area contributed by atoms with E-state index >= 15 is 0 Å². The first-order valence-corrected chi connectivity index (χ1v) is 11.9. The number of hydrogen-bond acceptors (Lipinski definition) is 4. The third-order valence-corrected chi connectivity index (χ3v) is 6.23. The number of hydrogen-bond donors (Lipinski definition) is 2. The Labute approximate surface area is 200 Å². The molecule has 0 aliphatic carbocycles. The molecule has 2 amide bonds. The van der Waals surface area contributed by atoms with Crippen LogP contribution in [0.5, 0.6) is 0 Å². The fourth-order valence-corrected chi connectivity index (χ4v) is 4.76. The van der Waals surface area contributed by atoms with Gasteiger partial charge >= 0.3 is 6.09 Å². The van der Waals surface area contributed by atoms with E-state index in [2.05, 4.69) is 10.6 Å². The lowest BCUT2D eigenvalue weighted by molar-refractivity contribution is 0.0523. The van der Waals surface area contributed by atoms with E-state index < -0.39 is 17.5 Å². The summed E-state index contributed by atoms with van der Waals surface area (Å²) in [6.07, 6.45) is 1.88. The van der Waals surface area contributed by atoms with Gasteiger partial charge in [-0.3, -0.25) is 4.79 Å². The molecule has 33 heavy (non-hydrogen) atoms. The van der Waals surface area contributed by atoms with E-state index in [1.807, 2.05) is 27.6 Å². The van der Waals surface area contributed by atoms with Crippen LogP contribution in [0.15, 0.2) is 41.2 Å². The Hall–Kier alpha value is -2.84. The lowest BCUT2D eigenvalue weighted by Crippen LogP contribution is -2.40. The lowest BCUT2D eigenvalue weighted by Gasteiger charge is -2.27. The highest BCUT2D eigenvalue weighted by Crippen LogP contribution is 2.41. The number of benzene rings is 1. The Morgan fingerprint density at radius 1 is 1.33 bits per heavy atom. The fraction of sp³-hybridized carbons (Fsp3) is 0.333. The van der Waals surface area contributed by atoms with Crippen LogP contribution >= 0.6 is 22.9 Å². The molecule has 3 heterocycles. The van der Waals surface area contributed by atoms with Crippen molar-refractivity contribution in [1.82, 2.24) is 15.2 Å². The van der Waals surface area contributed by atoms with Crippen molar-refractivity contribution in [2.45, 2.75) is 38.8 Å². The van der Waals surface area contributed by atoms with Crippen molar-refractivity contribution in [3.05, 3.63) is 57.8 Å². The quantitative estimate of drug-likeness (QED) is 0.470. The molecule has 2 aromatic heterocycles. The van der Waals surface area contributed by atoms with Gasteiger partial charge < -0.3 is 19.9 Å². The number of aromatic nitrogens is 1. The molecule has 174 valence electrons. The van der Waals surface area contributed by atoms with Gasteiger partial charge in [-0.05, 0) is 67.8 Å². The van der Waals surface area contributed by atoms with Gasteiger partial charge in [0.2, 0.25) is 0 Å². The molecule has 0 bridgehead atoms. The molecular formula is C24H25ClFN3O3S. The maximum atomic E-state index is 14.8. The zero-order valence-electron chi connectivity index (χ0n) is 18.6. The van der Waals surface area contributed by atoms with Gasteiger partial charge in [-0.15, -0.1) is 0 Å². The van der Waals surface area contributed by atoms with E-state index in [1.165, 1.54) is 23.5 Å². The number of nitrogens with zero attached hydrogens (tertiary/aromatic N) is 1. The Bertz CT molecular complexity index is 1180. The van der Waals surface area contributed by atoms with Crippen molar-refractivity contribution in [2.75, 3.05) is 13.1 Å². The Balaban J connectivity index is 1.70. The Kier molecular flexibility index (Phi) is 6.50. The van der Waals surface area contributed by atoms with Crippen molar-refractivity contribution in [3.63, 3.8) is 0 Å². The SMILES string of the molecule is CC(C)(C)OC(=O)NCCC1CNC(=O)c2c(-c3ccsc3)c(-c3cc(Cl)ccc3F)cn21. The minimum Gasteiger partial charge on any atom is -0.444 e. The van der Waals surface area contributed by atoms with Crippen LogP contribution in [-0.2, 0) is 4.74 Å². The molecule has 1 aliphatic heterocycles. The number of fused-ring (bicyclic) bond motifs is 1. The van der Waals surface area contributed by atoms with Crippen molar-refractivity contribution < 1.29 is 18.7 Å². The monoisotopic (exact) mass is 489 g/mol. The summed E-state index contributed by atoms with van der Waals surface area (Å²) in [5.41, 5.74) is 2.33. The molecule has 0 saturated heterocycles. The van der Waals surface area contributed by atoms with Crippen molar-refractivity contribution in [1.29, 1.82) is 0 Å². The van der Waals surface area contributed by atoms with Gasteiger partial charge in [0.15, 0.2) is 0 Å². The summed E-state index contributed by atoms with van der Waals surface area (Å²) in [6.45, 7) is 6.17. The van der Waals surface area contributed by atoms with Gasteiger partial charge in [0.1, 0.15) is 17.1 Å². The number of ether oxygens (including phenoxy) is 1. The number of thiophene rings is 1. The van der Waals surface area contributed by atoms with E-state index in [1.54, 1.807) is 26.8 Å². The van der Waals surface area contributed by atoms with Crippen LogP contribution in [0.3, 0.4) is 0 Å². The largest absolute Gasteiger partial charge is 0.444 e. The molecule has 0 saturated carbocycles. The molecule has 6 nitrogen and oxygen atoms in total. The van der Waals surface area contributed by atoms with Crippen LogP contribution in [0.2, 0.25) is 5.02 Å². The molecule has 1 aromatic carbocycles. The highest BCUT2D eigenvalue weighted by atomic mass is 35.5. The molecule has 0 spiro atoms. The lowest BCUT2D eigenvalue weighted by atomic mass is 9.97. The second kappa shape index (κ2) is 9.19. The topological polar surface area (TPSA) is 72.4 Å². The standard InChI is InChI=1S/C24H25ClFN3O3S/c1-24(2,3)32-23(31)27-8-6-16-11-28-22(30)21-20(14-7-9-33-13-14)18(12-29(16)21)17-10-15(25)4-5-19(17)26/h4-5,7,9-10,12-13,16H,6,8,11H2,1-3H3,(H,27,31)(H,28,30). The van der Waals surface area contributed by atoms with Gasteiger partial charge in [-0.1, -0.05) is 11.6 Å². The number of nitrogens with one attached hydrogen (secondary N) is 2. The van der Waals surface area contributed by atoms with Gasteiger partial charge in [0.25, 0.3) is 5.91 Å². The maximum absolute atomic E-state index is 14.8. The van der Waals surface area contributed by atoms with E-state index in [-0.39, 0.29) is 11.9 Å². The summed E-state index contributed by atoms with van der Waals surface area (Å²) in [5.74, 6) is -0.636. The van der Waals surface area contributed by atoms with Crippen molar-refractivity contribution in [2.24, 2.45) is 0 Å². The third-order valence-electron chi connectivity index (χ3n) is 5.31. The Morgan fingerprint density at radius 2 is 2.12 bits per heavy atom. The zero-order valence-corrected chi connectivity index (χ0v) is 20.1. The highest BCUT2D eigenvalue weighted by Gasteiger charge is 2.32. The van der Waals surface area contributed by atoms with Crippen LogP contribution in [-0.4, -0.2) is 35.3 Å². The Morgan fingerprint density at radius 3 is 2.82 bits per heavy atom. The zero-order chi connectivity index (χ0) is 23.8. The summed E-state index contributed by atoms with van der Waals surface area (Å²) in [6, 6.07) is 6.19. The molecule has 9 heteroatoms. The first kappa shape index (κ1) is 23.3. The second-order valence-corrected chi connectivity index (χ2v) is 10.1. The van der Waals surface area contributed by atoms with Crippen LogP contribution in [0.1, 0.15) is 43.7 Å². The first-order valence-electron chi connectivity index (χ1n) is 10.6. The third kappa shape index (κ3) is 5.07. The molecule has 4 rings (SSSR count). The van der Waals surface area contributed by atoms with E-state index in [0.29, 0.717) is 46.9 Å². The van der Waals surface area contributed by atoms with Gasteiger partial charge in [0.05, 0.1) is 6.04 Å². The average Bonchev–Trinajstić information content (AvgIpc) is 3.38. The minimum absolute atomic E-state index is 0.124. The predicted molar refractivity (Wildman–Crippen MR) is 128 cm³/mol. The summed E-state index contributed by atoms with van der Waals surface area (Å²) in [4.78, 5) is 24.9. The molecule has 2 N–H and O–H groups in total. The fourth-order valence-electron chi connectivity index (χ4n) is 3.94. The van der Waals surface area contributed by atoms with E-state index in [4.69, 9.17) is 16.3 Å². The molecule has 1 unspecified atom stereocenters. The molecule has 0 fully saturated rings. The summed E-state index contributed by atoms with van der Waals surface area (Å²) in [7, 11) is 0. The smallest absolute Gasteiger partial charge is 0.407 e. The van der Waals surface area contributed by atoms with Gasteiger partial charge in [0, 0.05) is 41.0 Å². The van der Waals surface area contributed by atoms with Crippen LogP contribution in [0.4, 0.5) is 9.18 Å². The van der Waals surface area contributed by atoms with E-state index in [0.717, 1.165) is 5.56 Å². The number of rotatable bonds is 5. The molecule has 3 aromatic rings. The second-order valence-electron chi connectivity index (χ2n) is 8.89. The van der Waals surface area contributed by atoms with Crippen LogP contribution in [0, 0.1) is 5.82 Å². The molecule has 1 atom stereocenters. The first-order chi connectivity index (χ1) is 15.6. The minimum atomic E-state index is -0.581.